The first kappa shape index (κ1) is 19.4. The van der Waals surface area contributed by atoms with Gasteiger partial charge < -0.3 is 10.4 Å². The van der Waals surface area contributed by atoms with Gasteiger partial charge in [0.1, 0.15) is 11.3 Å². The molecule has 0 saturated heterocycles. The van der Waals surface area contributed by atoms with Crippen molar-refractivity contribution in [3.8, 4) is 5.75 Å². The van der Waals surface area contributed by atoms with Gasteiger partial charge in [0, 0.05) is 28.4 Å². The number of aryl methyl sites for hydroxylation is 1. The maximum atomic E-state index is 12.7. The Kier molecular flexibility index (Phi) is 5.79. The maximum absolute atomic E-state index is 12.7. The van der Waals surface area contributed by atoms with Crippen molar-refractivity contribution in [1.29, 1.82) is 0 Å². The molecule has 4 aromatic rings. The number of thiophene rings is 1. The van der Waals surface area contributed by atoms with Crippen molar-refractivity contribution in [2.45, 2.75) is 18.9 Å². The second kappa shape index (κ2) is 8.64. The van der Waals surface area contributed by atoms with Crippen molar-refractivity contribution in [3.63, 3.8) is 0 Å². The lowest BCUT2D eigenvalue weighted by Gasteiger charge is -2.20. The third-order valence-electron chi connectivity index (χ3n) is 4.77. The van der Waals surface area contributed by atoms with E-state index in [0.29, 0.717) is 34.3 Å². The van der Waals surface area contributed by atoms with Gasteiger partial charge in [-0.25, -0.2) is 0 Å². The van der Waals surface area contributed by atoms with Crippen molar-refractivity contribution in [2.24, 2.45) is 0 Å². The molecule has 0 aliphatic rings. The van der Waals surface area contributed by atoms with Gasteiger partial charge in [0.2, 0.25) is 5.91 Å². The van der Waals surface area contributed by atoms with Crippen LogP contribution >= 0.6 is 22.9 Å². The van der Waals surface area contributed by atoms with Crippen LogP contribution in [0.15, 0.2) is 72.2 Å². The van der Waals surface area contributed by atoms with Crippen LogP contribution < -0.4 is 5.32 Å². The number of benzene rings is 2. The summed E-state index contributed by atoms with van der Waals surface area (Å²) in [5, 5.41) is 17.1. The topological polar surface area (TPSA) is 62.2 Å². The average Bonchev–Trinajstić information content (AvgIpc) is 3.29. The van der Waals surface area contributed by atoms with Crippen LogP contribution in [0.4, 0.5) is 0 Å². The third-order valence-corrected chi connectivity index (χ3v) is 6.02. The second-order valence-corrected chi connectivity index (χ2v) is 8.08. The number of pyridine rings is 1. The highest BCUT2D eigenvalue weighted by atomic mass is 35.5. The van der Waals surface area contributed by atoms with Crippen LogP contribution in [-0.4, -0.2) is 16.0 Å². The number of fused-ring (bicyclic) bond motifs is 1. The van der Waals surface area contributed by atoms with Crippen LogP contribution in [0.5, 0.6) is 5.75 Å². The van der Waals surface area contributed by atoms with Gasteiger partial charge in [-0.1, -0.05) is 48.0 Å². The normalized spacial score (nSPS) is 12.0. The molecule has 0 fully saturated rings. The van der Waals surface area contributed by atoms with E-state index in [2.05, 4.69) is 10.3 Å². The van der Waals surface area contributed by atoms with E-state index in [0.717, 1.165) is 10.4 Å². The van der Waals surface area contributed by atoms with Gasteiger partial charge in [-0.15, -0.1) is 11.3 Å². The Balaban J connectivity index is 1.64. The zero-order chi connectivity index (χ0) is 20.2. The number of aromatic hydroxyl groups is 1. The number of phenols is 1. The van der Waals surface area contributed by atoms with E-state index < -0.39 is 6.04 Å². The Morgan fingerprint density at radius 3 is 2.72 bits per heavy atom. The maximum Gasteiger partial charge on any atom is 0.221 e. The zero-order valence-corrected chi connectivity index (χ0v) is 17.1. The standard InChI is InChI=1S/C23H19ClN2O2S/c24-18-14-17(23(28)22-16(18)8-4-12-25-22)21(19-9-5-13-29-19)26-20(27)11-10-15-6-2-1-3-7-15/h1-9,12-14,21,28H,10-11H2,(H,26,27)/t21-/m0/s1. The van der Waals surface area contributed by atoms with E-state index in [4.69, 9.17) is 11.6 Å². The zero-order valence-electron chi connectivity index (χ0n) is 15.5. The summed E-state index contributed by atoms with van der Waals surface area (Å²) in [7, 11) is 0. The number of carbonyl (C=O) groups excluding carboxylic acids is 1. The predicted octanol–water partition coefficient (Wildman–Crippen LogP) is 5.49. The lowest BCUT2D eigenvalue weighted by molar-refractivity contribution is -0.121. The van der Waals surface area contributed by atoms with Gasteiger partial charge in [0.15, 0.2) is 0 Å². The minimum absolute atomic E-state index is 0.0340. The molecule has 0 radical (unpaired) electrons. The molecule has 0 aliphatic heterocycles. The van der Waals surface area contributed by atoms with Crippen molar-refractivity contribution >= 4 is 39.7 Å². The first-order valence-corrected chi connectivity index (χ1v) is 10.5. The molecule has 1 amide bonds. The highest BCUT2D eigenvalue weighted by molar-refractivity contribution is 7.10. The number of nitrogens with zero attached hydrogens (tertiary/aromatic N) is 1. The van der Waals surface area contributed by atoms with Gasteiger partial charge in [-0.3, -0.25) is 9.78 Å². The summed E-state index contributed by atoms with van der Waals surface area (Å²) < 4.78 is 0. The van der Waals surface area contributed by atoms with E-state index >= 15 is 0 Å². The Hall–Kier alpha value is -2.89. The summed E-state index contributed by atoms with van der Waals surface area (Å²) in [6, 6.07) is 18.5. The molecule has 4 rings (SSSR count). The first-order chi connectivity index (χ1) is 14.1. The number of hydrogen-bond donors (Lipinski definition) is 2. The monoisotopic (exact) mass is 422 g/mol. The number of phenolic OH excluding ortho intramolecular Hbond substituents is 1. The van der Waals surface area contributed by atoms with E-state index in [1.807, 2.05) is 53.9 Å². The number of halogens is 1. The summed E-state index contributed by atoms with van der Waals surface area (Å²) >= 11 is 7.97. The first-order valence-electron chi connectivity index (χ1n) is 9.26. The van der Waals surface area contributed by atoms with Crippen molar-refractivity contribution in [3.05, 3.63) is 93.3 Å². The molecule has 2 heterocycles. The fraction of sp³-hybridized carbons (Fsp3) is 0.130. The summed E-state index contributed by atoms with van der Waals surface area (Å²) in [6.45, 7) is 0. The Morgan fingerprint density at radius 2 is 1.97 bits per heavy atom. The number of nitrogens with one attached hydrogen (secondary N) is 1. The van der Waals surface area contributed by atoms with Crippen molar-refractivity contribution in [2.75, 3.05) is 0 Å². The van der Waals surface area contributed by atoms with Crippen LogP contribution in [-0.2, 0) is 11.2 Å². The molecule has 1 atom stereocenters. The molecule has 2 aromatic carbocycles. The fourth-order valence-corrected chi connectivity index (χ4v) is 4.38. The Morgan fingerprint density at radius 1 is 1.14 bits per heavy atom. The molecule has 29 heavy (non-hydrogen) atoms. The average molecular weight is 423 g/mol. The number of rotatable bonds is 6. The highest BCUT2D eigenvalue weighted by Crippen LogP contribution is 2.39. The molecule has 0 spiro atoms. The SMILES string of the molecule is O=C(CCc1ccccc1)N[C@H](c1cccs1)c1cc(Cl)c2cccnc2c1O. The van der Waals surface area contributed by atoms with Crippen LogP contribution in [0.25, 0.3) is 10.9 Å². The molecular weight excluding hydrogens is 404 g/mol. The molecule has 0 saturated carbocycles. The predicted molar refractivity (Wildman–Crippen MR) is 117 cm³/mol. The smallest absolute Gasteiger partial charge is 0.221 e. The summed E-state index contributed by atoms with van der Waals surface area (Å²) in [5.74, 6) is -0.0596. The van der Waals surface area contributed by atoms with Crippen LogP contribution in [0.2, 0.25) is 5.02 Å². The molecule has 0 bridgehead atoms. The van der Waals surface area contributed by atoms with Gasteiger partial charge in [-0.2, -0.15) is 0 Å². The fourth-order valence-electron chi connectivity index (χ4n) is 3.32. The van der Waals surface area contributed by atoms with Crippen molar-refractivity contribution < 1.29 is 9.90 Å². The molecule has 6 heteroatoms. The van der Waals surface area contributed by atoms with Gasteiger partial charge in [0.05, 0.1) is 11.1 Å². The highest BCUT2D eigenvalue weighted by Gasteiger charge is 2.24. The molecular formula is C23H19ClN2O2S. The van der Waals surface area contributed by atoms with Gasteiger partial charge >= 0.3 is 0 Å². The molecule has 146 valence electrons. The molecule has 2 aromatic heterocycles. The van der Waals surface area contributed by atoms with Crippen LogP contribution in [0.1, 0.15) is 28.5 Å². The summed E-state index contributed by atoms with van der Waals surface area (Å²) in [6.07, 6.45) is 2.61. The van der Waals surface area contributed by atoms with Crippen LogP contribution in [0.3, 0.4) is 0 Å². The Bertz CT molecular complexity index is 1130. The largest absolute Gasteiger partial charge is 0.505 e. The number of hydrogen-bond acceptors (Lipinski definition) is 4. The summed E-state index contributed by atoms with van der Waals surface area (Å²) in [4.78, 5) is 17.9. The molecule has 2 N–H and O–H groups in total. The Labute approximate surface area is 177 Å². The quantitative estimate of drug-likeness (QED) is 0.431. The van der Waals surface area contributed by atoms with Crippen LogP contribution in [0, 0.1) is 0 Å². The van der Waals surface area contributed by atoms with E-state index in [9.17, 15) is 9.90 Å². The minimum atomic E-state index is -0.498. The van der Waals surface area contributed by atoms with Crippen molar-refractivity contribution in [1.82, 2.24) is 10.3 Å². The second-order valence-electron chi connectivity index (χ2n) is 6.70. The van der Waals surface area contributed by atoms with E-state index in [-0.39, 0.29) is 11.7 Å². The number of amides is 1. The number of carbonyl (C=O) groups is 1. The molecule has 4 nitrogen and oxygen atoms in total. The molecule has 0 aliphatic carbocycles. The molecule has 0 unspecified atom stereocenters. The lowest BCUT2D eigenvalue weighted by Crippen LogP contribution is -2.29. The lowest BCUT2D eigenvalue weighted by atomic mass is 10.0. The third kappa shape index (κ3) is 4.26. The van der Waals surface area contributed by atoms with E-state index in [1.54, 1.807) is 18.3 Å². The summed E-state index contributed by atoms with van der Waals surface area (Å²) in [5.41, 5.74) is 2.07. The number of aromatic nitrogens is 1. The van der Waals surface area contributed by atoms with Gasteiger partial charge in [-0.05, 0) is 41.6 Å². The van der Waals surface area contributed by atoms with E-state index in [1.165, 1.54) is 11.3 Å². The minimum Gasteiger partial charge on any atom is -0.505 e. The van der Waals surface area contributed by atoms with Gasteiger partial charge in [0.25, 0.3) is 0 Å².